The van der Waals surface area contributed by atoms with Gasteiger partial charge in [0.05, 0.1) is 6.20 Å². The Labute approximate surface area is 135 Å². The number of amides is 2. The van der Waals surface area contributed by atoms with Crippen molar-refractivity contribution in [2.75, 3.05) is 5.32 Å². The number of urea groups is 1. The van der Waals surface area contributed by atoms with Crippen molar-refractivity contribution < 1.29 is 9.53 Å². The monoisotopic (exact) mass is 312 g/mol. The lowest BCUT2D eigenvalue weighted by Crippen LogP contribution is -2.41. The van der Waals surface area contributed by atoms with Crippen LogP contribution >= 0.6 is 0 Å². The van der Waals surface area contributed by atoms with Gasteiger partial charge in [0, 0.05) is 24.1 Å². The lowest BCUT2D eigenvalue weighted by atomic mass is 9.93. The molecule has 0 bridgehead atoms. The zero-order valence-electron chi connectivity index (χ0n) is 12.8. The highest BCUT2D eigenvalue weighted by atomic mass is 16.5. The van der Waals surface area contributed by atoms with E-state index in [1.54, 1.807) is 18.6 Å². The second-order valence-corrected chi connectivity index (χ2v) is 5.60. The van der Waals surface area contributed by atoms with Gasteiger partial charge in [0.2, 0.25) is 5.88 Å². The van der Waals surface area contributed by atoms with Crippen LogP contribution in [0.4, 0.5) is 10.5 Å². The third kappa shape index (κ3) is 4.67. The molecule has 23 heavy (non-hydrogen) atoms. The van der Waals surface area contributed by atoms with E-state index < -0.39 is 0 Å². The van der Waals surface area contributed by atoms with Crippen LogP contribution in [0.3, 0.4) is 0 Å². The first-order valence-corrected chi connectivity index (χ1v) is 7.85. The number of hydrogen-bond acceptors (Lipinski definition) is 4. The second-order valence-electron chi connectivity index (χ2n) is 5.60. The minimum Gasteiger partial charge on any atom is -0.473 e. The number of rotatable bonds is 4. The number of carbonyl (C=O) groups excluding carboxylic acids is 1. The van der Waals surface area contributed by atoms with E-state index in [0.717, 1.165) is 31.4 Å². The molecule has 1 heterocycles. The topological polar surface area (TPSA) is 76.1 Å². The van der Waals surface area contributed by atoms with Crippen LogP contribution in [0, 0.1) is 0 Å². The summed E-state index contributed by atoms with van der Waals surface area (Å²) < 4.78 is 5.80. The Morgan fingerprint density at radius 2 is 1.87 bits per heavy atom. The molecule has 2 aromatic rings. The highest BCUT2D eigenvalue weighted by Gasteiger charge is 2.23. The van der Waals surface area contributed by atoms with Crippen molar-refractivity contribution in [2.24, 2.45) is 0 Å². The van der Waals surface area contributed by atoms with E-state index in [1.807, 2.05) is 30.3 Å². The van der Waals surface area contributed by atoms with Gasteiger partial charge in [0.1, 0.15) is 6.10 Å². The van der Waals surface area contributed by atoms with Gasteiger partial charge in [-0.15, -0.1) is 0 Å². The van der Waals surface area contributed by atoms with E-state index in [4.69, 9.17) is 4.74 Å². The molecule has 1 fully saturated rings. The largest absolute Gasteiger partial charge is 0.473 e. The average molecular weight is 312 g/mol. The highest BCUT2D eigenvalue weighted by molar-refractivity contribution is 5.89. The molecule has 3 rings (SSSR count). The van der Waals surface area contributed by atoms with Gasteiger partial charge in [-0.05, 0) is 37.8 Å². The van der Waals surface area contributed by atoms with Gasteiger partial charge in [-0.1, -0.05) is 18.2 Å². The molecule has 1 saturated carbocycles. The third-order valence-electron chi connectivity index (χ3n) is 3.87. The number of benzene rings is 1. The molecular weight excluding hydrogens is 292 g/mol. The van der Waals surface area contributed by atoms with Crippen LogP contribution in [-0.2, 0) is 0 Å². The first-order valence-electron chi connectivity index (χ1n) is 7.85. The highest BCUT2D eigenvalue weighted by Crippen LogP contribution is 2.22. The number of carbonyl (C=O) groups is 1. The second kappa shape index (κ2) is 7.58. The zero-order valence-corrected chi connectivity index (χ0v) is 12.8. The average Bonchev–Trinajstić information content (AvgIpc) is 2.58. The first kappa shape index (κ1) is 15.3. The molecular formula is C17H20N4O2. The van der Waals surface area contributed by atoms with Gasteiger partial charge in [-0.25, -0.2) is 9.78 Å². The van der Waals surface area contributed by atoms with Crippen molar-refractivity contribution in [3.8, 4) is 5.88 Å². The molecule has 6 nitrogen and oxygen atoms in total. The Bertz CT molecular complexity index is 613. The molecule has 0 radical (unpaired) electrons. The van der Waals surface area contributed by atoms with Crippen molar-refractivity contribution in [3.63, 3.8) is 0 Å². The molecule has 0 aliphatic heterocycles. The lowest BCUT2D eigenvalue weighted by molar-refractivity contribution is 0.135. The maximum atomic E-state index is 12.0. The van der Waals surface area contributed by atoms with Gasteiger partial charge < -0.3 is 15.4 Å². The molecule has 1 aliphatic carbocycles. The maximum absolute atomic E-state index is 12.0. The van der Waals surface area contributed by atoms with Crippen molar-refractivity contribution >= 4 is 11.7 Å². The lowest BCUT2D eigenvalue weighted by Gasteiger charge is -2.29. The number of para-hydroxylation sites is 1. The Balaban J connectivity index is 1.41. The van der Waals surface area contributed by atoms with E-state index in [0.29, 0.717) is 5.88 Å². The van der Waals surface area contributed by atoms with Gasteiger partial charge >= 0.3 is 6.03 Å². The quantitative estimate of drug-likeness (QED) is 0.910. The number of anilines is 1. The van der Waals surface area contributed by atoms with Gasteiger partial charge in [0.15, 0.2) is 0 Å². The van der Waals surface area contributed by atoms with E-state index in [9.17, 15) is 4.79 Å². The molecule has 2 N–H and O–H groups in total. The van der Waals surface area contributed by atoms with E-state index in [-0.39, 0.29) is 18.2 Å². The van der Waals surface area contributed by atoms with Crippen LogP contribution in [0.1, 0.15) is 25.7 Å². The van der Waals surface area contributed by atoms with Crippen LogP contribution in [0.2, 0.25) is 0 Å². The molecule has 1 aromatic carbocycles. The maximum Gasteiger partial charge on any atom is 0.319 e. The third-order valence-corrected chi connectivity index (χ3v) is 3.87. The van der Waals surface area contributed by atoms with Gasteiger partial charge in [0.25, 0.3) is 0 Å². The number of nitrogens with zero attached hydrogens (tertiary/aromatic N) is 2. The van der Waals surface area contributed by atoms with Crippen molar-refractivity contribution in [1.82, 2.24) is 15.3 Å². The molecule has 0 spiro atoms. The summed E-state index contributed by atoms with van der Waals surface area (Å²) in [6.45, 7) is 0. The summed E-state index contributed by atoms with van der Waals surface area (Å²) in [7, 11) is 0. The number of ether oxygens (including phenoxy) is 1. The summed E-state index contributed by atoms with van der Waals surface area (Å²) in [6.07, 6.45) is 8.59. The zero-order chi connectivity index (χ0) is 15.9. The molecule has 2 amide bonds. The summed E-state index contributed by atoms with van der Waals surface area (Å²) in [4.78, 5) is 20.1. The summed E-state index contributed by atoms with van der Waals surface area (Å²) in [6, 6.07) is 9.46. The fraction of sp³-hybridized carbons (Fsp3) is 0.353. The molecule has 0 saturated heterocycles. The molecule has 1 aliphatic rings. The van der Waals surface area contributed by atoms with Crippen LogP contribution in [0.15, 0.2) is 48.9 Å². The van der Waals surface area contributed by atoms with Crippen molar-refractivity contribution in [1.29, 1.82) is 0 Å². The normalized spacial score (nSPS) is 20.5. The van der Waals surface area contributed by atoms with E-state index >= 15 is 0 Å². The summed E-state index contributed by atoms with van der Waals surface area (Å²) in [5.41, 5.74) is 0.796. The van der Waals surface area contributed by atoms with E-state index in [2.05, 4.69) is 20.6 Å². The molecule has 6 heteroatoms. The first-order chi connectivity index (χ1) is 11.3. The van der Waals surface area contributed by atoms with Gasteiger partial charge in [-0.3, -0.25) is 4.98 Å². The van der Waals surface area contributed by atoms with Crippen LogP contribution in [-0.4, -0.2) is 28.1 Å². The standard InChI is InChI=1S/C17H20N4O2/c22-17(20-13-4-2-1-3-5-13)21-14-6-8-15(9-7-14)23-16-12-18-10-11-19-16/h1-5,10-12,14-15H,6-9H2,(H2,20,21,22). The van der Waals surface area contributed by atoms with Gasteiger partial charge in [-0.2, -0.15) is 0 Å². The minimum absolute atomic E-state index is 0.141. The van der Waals surface area contributed by atoms with Crippen LogP contribution in [0.5, 0.6) is 5.88 Å². The SMILES string of the molecule is O=C(Nc1ccccc1)NC1CCC(Oc2cnccn2)CC1. The fourth-order valence-corrected chi connectivity index (χ4v) is 2.72. The molecule has 0 atom stereocenters. The minimum atomic E-state index is -0.158. The summed E-state index contributed by atoms with van der Waals surface area (Å²) in [5, 5.41) is 5.86. The molecule has 0 unspecified atom stereocenters. The van der Waals surface area contributed by atoms with Crippen LogP contribution < -0.4 is 15.4 Å². The summed E-state index contributed by atoms with van der Waals surface area (Å²) >= 11 is 0. The summed E-state index contributed by atoms with van der Waals surface area (Å²) in [5.74, 6) is 0.561. The number of hydrogen-bond donors (Lipinski definition) is 2. The predicted molar refractivity (Wildman–Crippen MR) is 87.3 cm³/mol. The Hall–Kier alpha value is -2.63. The van der Waals surface area contributed by atoms with E-state index in [1.165, 1.54) is 0 Å². The van der Waals surface area contributed by atoms with Crippen LogP contribution in [0.25, 0.3) is 0 Å². The molecule has 120 valence electrons. The fourth-order valence-electron chi connectivity index (χ4n) is 2.72. The van der Waals surface area contributed by atoms with Crippen molar-refractivity contribution in [3.05, 3.63) is 48.9 Å². The smallest absolute Gasteiger partial charge is 0.319 e. The number of aromatic nitrogens is 2. The number of nitrogens with one attached hydrogen (secondary N) is 2. The Kier molecular flexibility index (Phi) is 5.03. The van der Waals surface area contributed by atoms with Crippen molar-refractivity contribution in [2.45, 2.75) is 37.8 Å². The molecule has 1 aromatic heterocycles. The Morgan fingerprint density at radius 1 is 1.09 bits per heavy atom. The Morgan fingerprint density at radius 3 is 2.57 bits per heavy atom. The predicted octanol–water partition coefficient (Wildman–Crippen LogP) is 2.99.